The summed E-state index contributed by atoms with van der Waals surface area (Å²) in [5, 5.41) is 23.0. The summed E-state index contributed by atoms with van der Waals surface area (Å²) < 4.78 is 0. The van der Waals surface area contributed by atoms with Gasteiger partial charge in [-0.2, -0.15) is 0 Å². The van der Waals surface area contributed by atoms with Gasteiger partial charge in [0.25, 0.3) is 0 Å². The minimum absolute atomic E-state index is 0.338. The van der Waals surface area contributed by atoms with E-state index in [0.29, 0.717) is 6.42 Å². The molecule has 0 bridgehead atoms. The number of carboxylic acids is 1. The molecule has 0 spiro atoms. The van der Waals surface area contributed by atoms with Crippen molar-refractivity contribution in [2.24, 2.45) is 0 Å². The first kappa shape index (κ1) is 11.9. The first-order valence-electron chi connectivity index (χ1n) is 4.89. The fourth-order valence-corrected chi connectivity index (χ4v) is 1.43. The topological polar surface area (TPSA) is 98.7 Å². The third-order valence-corrected chi connectivity index (χ3v) is 2.56. The first-order valence-corrected chi connectivity index (χ1v) is 4.89. The lowest BCUT2D eigenvalue weighted by atomic mass is 10.0. The van der Waals surface area contributed by atoms with Crippen molar-refractivity contribution in [3.8, 4) is 0 Å². The first-order chi connectivity index (χ1) is 6.99. The molecule has 0 saturated carbocycles. The van der Waals surface area contributed by atoms with Gasteiger partial charge < -0.3 is 20.8 Å². The third kappa shape index (κ3) is 2.66. The summed E-state index contributed by atoms with van der Waals surface area (Å²) in [7, 11) is 0. The molecule has 1 amide bonds. The number of aliphatic hydroxyl groups is 1. The molecule has 6 heteroatoms. The van der Waals surface area contributed by atoms with E-state index in [1.54, 1.807) is 0 Å². The number of nitrogens with one attached hydrogen (secondary N) is 2. The van der Waals surface area contributed by atoms with Crippen LogP contribution >= 0.6 is 0 Å². The van der Waals surface area contributed by atoms with Gasteiger partial charge in [-0.25, -0.2) is 4.79 Å². The highest BCUT2D eigenvalue weighted by Gasteiger charge is 2.36. The predicted molar refractivity (Wildman–Crippen MR) is 52.3 cm³/mol. The maximum absolute atomic E-state index is 11.6. The van der Waals surface area contributed by atoms with Gasteiger partial charge in [0.2, 0.25) is 5.91 Å². The number of rotatable bonds is 4. The molecule has 1 fully saturated rings. The molecule has 0 aromatic rings. The molecule has 1 aliphatic rings. The van der Waals surface area contributed by atoms with Crippen LogP contribution in [0.3, 0.4) is 0 Å². The Kier molecular flexibility index (Phi) is 3.65. The second-order valence-electron chi connectivity index (χ2n) is 3.93. The van der Waals surface area contributed by atoms with E-state index < -0.39 is 18.1 Å². The Hall–Kier alpha value is -1.14. The smallest absolute Gasteiger partial charge is 0.331 e. The van der Waals surface area contributed by atoms with Crippen molar-refractivity contribution in [3.63, 3.8) is 0 Å². The van der Waals surface area contributed by atoms with E-state index in [9.17, 15) is 9.59 Å². The fourth-order valence-electron chi connectivity index (χ4n) is 1.43. The van der Waals surface area contributed by atoms with Crippen molar-refractivity contribution in [2.75, 3.05) is 13.2 Å². The van der Waals surface area contributed by atoms with Crippen LogP contribution in [0.25, 0.3) is 0 Å². The molecule has 0 aromatic carbocycles. The fraction of sp³-hybridized carbons (Fsp3) is 0.778. The Morgan fingerprint density at radius 1 is 1.60 bits per heavy atom. The van der Waals surface area contributed by atoms with Crippen LogP contribution in [0.4, 0.5) is 0 Å². The zero-order valence-electron chi connectivity index (χ0n) is 8.62. The van der Waals surface area contributed by atoms with Gasteiger partial charge in [-0.05, 0) is 26.3 Å². The van der Waals surface area contributed by atoms with E-state index >= 15 is 0 Å². The largest absolute Gasteiger partial charge is 0.479 e. The lowest BCUT2D eigenvalue weighted by Crippen LogP contribution is -2.58. The van der Waals surface area contributed by atoms with Crippen molar-refractivity contribution in [3.05, 3.63) is 0 Å². The predicted octanol–water partition coefficient (Wildman–Crippen LogP) is -1.31. The Morgan fingerprint density at radius 3 is 2.67 bits per heavy atom. The quantitative estimate of drug-likeness (QED) is 0.467. The van der Waals surface area contributed by atoms with Gasteiger partial charge in [0, 0.05) is 0 Å². The highest BCUT2D eigenvalue weighted by molar-refractivity contribution is 5.89. The summed E-state index contributed by atoms with van der Waals surface area (Å²) in [5.41, 5.74) is -1.60. The highest BCUT2D eigenvalue weighted by atomic mass is 16.4. The lowest BCUT2D eigenvalue weighted by molar-refractivity contribution is -0.148. The second-order valence-corrected chi connectivity index (χ2v) is 3.93. The molecule has 1 heterocycles. The SMILES string of the molecule is C[C@@](CO)(NC(=O)[C@@H]1CCCN1)C(=O)O. The molecule has 0 unspecified atom stereocenters. The summed E-state index contributed by atoms with van der Waals surface area (Å²) in [6, 6.07) is -0.338. The molecular formula is C9H16N2O4. The number of amides is 1. The van der Waals surface area contributed by atoms with Crippen molar-refractivity contribution in [1.82, 2.24) is 10.6 Å². The second kappa shape index (κ2) is 4.59. The Morgan fingerprint density at radius 2 is 2.27 bits per heavy atom. The van der Waals surface area contributed by atoms with E-state index in [1.807, 2.05) is 0 Å². The molecule has 1 saturated heterocycles. The lowest BCUT2D eigenvalue weighted by Gasteiger charge is -2.25. The number of hydrogen-bond donors (Lipinski definition) is 4. The molecule has 1 rings (SSSR count). The maximum atomic E-state index is 11.6. The third-order valence-electron chi connectivity index (χ3n) is 2.56. The standard InChI is InChI=1S/C9H16N2O4/c1-9(5-12,8(14)15)11-7(13)6-3-2-4-10-6/h6,10,12H,2-5H2,1H3,(H,11,13)(H,14,15)/t6-,9-/m0/s1. The van der Waals surface area contributed by atoms with Gasteiger partial charge in [-0.15, -0.1) is 0 Å². The van der Waals surface area contributed by atoms with Crippen molar-refractivity contribution in [2.45, 2.75) is 31.3 Å². The van der Waals surface area contributed by atoms with Gasteiger partial charge in [-0.3, -0.25) is 4.79 Å². The monoisotopic (exact) mass is 216 g/mol. The average molecular weight is 216 g/mol. The van der Waals surface area contributed by atoms with Gasteiger partial charge in [0.15, 0.2) is 5.54 Å². The molecule has 6 nitrogen and oxygen atoms in total. The number of aliphatic hydroxyl groups excluding tert-OH is 1. The molecule has 15 heavy (non-hydrogen) atoms. The average Bonchev–Trinajstić information content (AvgIpc) is 2.70. The Balaban J connectivity index is 2.58. The number of carbonyl (C=O) groups is 2. The van der Waals surface area contributed by atoms with Crippen LogP contribution in [0.2, 0.25) is 0 Å². The van der Waals surface area contributed by atoms with Gasteiger partial charge in [-0.1, -0.05) is 0 Å². The van der Waals surface area contributed by atoms with E-state index in [-0.39, 0.29) is 11.9 Å². The minimum atomic E-state index is -1.60. The summed E-state index contributed by atoms with van der Waals surface area (Å²) in [4.78, 5) is 22.4. The van der Waals surface area contributed by atoms with Gasteiger partial charge >= 0.3 is 5.97 Å². The van der Waals surface area contributed by atoms with Crippen molar-refractivity contribution >= 4 is 11.9 Å². The van der Waals surface area contributed by atoms with E-state index in [0.717, 1.165) is 13.0 Å². The zero-order valence-corrected chi connectivity index (χ0v) is 8.62. The van der Waals surface area contributed by atoms with Crippen molar-refractivity contribution in [1.29, 1.82) is 0 Å². The molecule has 4 N–H and O–H groups in total. The molecule has 86 valence electrons. The Bertz CT molecular complexity index is 263. The van der Waals surface area contributed by atoms with Crippen LogP contribution < -0.4 is 10.6 Å². The maximum Gasteiger partial charge on any atom is 0.331 e. The zero-order chi connectivity index (χ0) is 11.5. The summed E-state index contributed by atoms with van der Waals surface area (Å²) in [5.74, 6) is -1.61. The van der Waals surface area contributed by atoms with E-state index in [4.69, 9.17) is 10.2 Å². The highest BCUT2D eigenvalue weighted by Crippen LogP contribution is 2.08. The normalized spacial score (nSPS) is 24.5. The number of carbonyl (C=O) groups excluding carboxylic acids is 1. The molecule has 2 atom stereocenters. The molecule has 0 aliphatic carbocycles. The van der Waals surface area contributed by atoms with Gasteiger partial charge in [0.05, 0.1) is 12.6 Å². The van der Waals surface area contributed by atoms with E-state index in [2.05, 4.69) is 10.6 Å². The molecule has 0 aromatic heterocycles. The summed E-state index contributed by atoms with van der Waals surface area (Å²) >= 11 is 0. The van der Waals surface area contributed by atoms with Crippen LogP contribution in [0.15, 0.2) is 0 Å². The number of hydrogen-bond acceptors (Lipinski definition) is 4. The molecule has 1 aliphatic heterocycles. The van der Waals surface area contributed by atoms with Crippen molar-refractivity contribution < 1.29 is 19.8 Å². The van der Waals surface area contributed by atoms with Crippen LogP contribution in [0, 0.1) is 0 Å². The van der Waals surface area contributed by atoms with E-state index in [1.165, 1.54) is 6.92 Å². The molecular weight excluding hydrogens is 200 g/mol. The minimum Gasteiger partial charge on any atom is -0.479 e. The Labute approximate surface area is 87.7 Å². The van der Waals surface area contributed by atoms with Crippen LogP contribution in [-0.4, -0.2) is 46.8 Å². The van der Waals surface area contributed by atoms with Crippen LogP contribution in [0.1, 0.15) is 19.8 Å². The van der Waals surface area contributed by atoms with Crippen LogP contribution in [-0.2, 0) is 9.59 Å². The summed E-state index contributed by atoms with van der Waals surface area (Å²) in [6.45, 7) is 1.42. The molecule has 0 radical (unpaired) electrons. The number of aliphatic carboxylic acids is 1. The van der Waals surface area contributed by atoms with Gasteiger partial charge in [0.1, 0.15) is 0 Å². The summed E-state index contributed by atoms with van der Waals surface area (Å²) in [6.07, 6.45) is 1.61. The number of carboxylic acid groups (broad SMARTS) is 1. The van der Waals surface area contributed by atoms with Crippen LogP contribution in [0.5, 0.6) is 0 Å².